The molecule has 0 aliphatic rings. The van der Waals surface area contributed by atoms with Gasteiger partial charge in [0.25, 0.3) is 0 Å². The van der Waals surface area contributed by atoms with E-state index in [9.17, 15) is 4.57 Å². The van der Waals surface area contributed by atoms with E-state index in [0.717, 1.165) is 0 Å². The van der Waals surface area contributed by atoms with Crippen molar-refractivity contribution in [2.45, 2.75) is 0 Å². The van der Waals surface area contributed by atoms with Crippen LogP contribution >= 0.6 is 19.1 Å². The van der Waals surface area contributed by atoms with E-state index in [1.165, 1.54) is 0 Å². The van der Waals surface area contributed by atoms with Gasteiger partial charge in [0.05, 0.1) is 0 Å². The first-order valence-electron chi connectivity index (χ1n) is 4.86. The van der Waals surface area contributed by atoms with Crippen molar-refractivity contribution < 1.29 is 4.57 Å². The summed E-state index contributed by atoms with van der Waals surface area (Å²) in [4.78, 5) is 0. The first kappa shape index (κ1) is 11.4. The van der Waals surface area contributed by atoms with Gasteiger partial charge in [-0.3, -0.25) is 4.57 Å². The predicted octanol–water partition coefficient (Wildman–Crippen LogP) is 2.66. The third kappa shape index (κ3) is 2.05. The van der Waals surface area contributed by atoms with Crippen LogP contribution in [-0.2, 0) is 4.57 Å². The Kier molecular flexibility index (Phi) is 3.45. The van der Waals surface area contributed by atoms with Crippen molar-refractivity contribution in [1.82, 2.24) is 4.61 Å². The number of nitrogens with one attached hydrogen (secondary N) is 1. The average molecular weight is 252 g/mol. The second-order valence-corrected chi connectivity index (χ2v) is 6.29. The van der Waals surface area contributed by atoms with Gasteiger partial charge in [-0.05, 0) is 36.0 Å². The van der Waals surface area contributed by atoms with Gasteiger partial charge in [0.15, 0.2) is 0 Å². The van der Waals surface area contributed by atoms with E-state index in [1.807, 2.05) is 60.7 Å². The molecule has 0 spiro atoms. The molecule has 16 heavy (non-hydrogen) atoms. The molecule has 0 aliphatic carbocycles. The van der Waals surface area contributed by atoms with Crippen LogP contribution in [0.3, 0.4) is 0 Å². The number of halogens is 1. The largest absolute Gasteiger partial charge is 0.295 e. The van der Waals surface area contributed by atoms with E-state index in [2.05, 4.69) is 4.61 Å². The topological polar surface area (TPSA) is 29.1 Å². The van der Waals surface area contributed by atoms with E-state index < -0.39 is 7.29 Å². The Hall–Kier alpha value is -1.08. The quantitative estimate of drug-likeness (QED) is 0.671. The van der Waals surface area contributed by atoms with Crippen molar-refractivity contribution in [3.8, 4) is 0 Å². The second kappa shape index (κ2) is 4.84. The molecule has 0 amide bonds. The molecular weight excluding hydrogens is 241 g/mol. The van der Waals surface area contributed by atoms with Gasteiger partial charge in [0, 0.05) is 10.6 Å². The Morgan fingerprint density at radius 1 is 0.812 bits per heavy atom. The molecule has 0 saturated carbocycles. The molecule has 4 heteroatoms. The van der Waals surface area contributed by atoms with E-state index >= 15 is 0 Å². The SMILES string of the molecule is O=P(NCl)(c1ccccc1)c1ccccc1. The molecule has 1 N–H and O–H groups in total. The summed E-state index contributed by atoms with van der Waals surface area (Å²) in [6.45, 7) is 0. The fourth-order valence-corrected chi connectivity index (χ4v) is 3.79. The monoisotopic (exact) mass is 251 g/mol. The smallest absolute Gasteiger partial charge is 0.218 e. The zero-order valence-electron chi connectivity index (χ0n) is 8.51. The minimum Gasteiger partial charge on any atom is -0.295 e. The van der Waals surface area contributed by atoms with Gasteiger partial charge in [-0.15, -0.1) is 0 Å². The van der Waals surface area contributed by atoms with Crippen molar-refractivity contribution in [2.24, 2.45) is 0 Å². The number of hydrogen-bond acceptors (Lipinski definition) is 1. The molecule has 2 aromatic carbocycles. The summed E-state index contributed by atoms with van der Waals surface area (Å²) < 4.78 is 15.2. The standard InChI is InChI=1S/C12H11ClNOP/c13-14-16(15,11-7-3-1-4-8-11)12-9-5-2-6-10-12/h1-10H,(H,14,15). The average Bonchev–Trinajstić information content (AvgIpc) is 2.40. The maximum Gasteiger partial charge on any atom is 0.218 e. The van der Waals surface area contributed by atoms with Gasteiger partial charge in [0.2, 0.25) is 7.29 Å². The number of benzene rings is 2. The molecule has 0 saturated heterocycles. The highest BCUT2D eigenvalue weighted by molar-refractivity contribution is 7.77. The lowest BCUT2D eigenvalue weighted by Crippen LogP contribution is -2.22. The van der Waals surface area contributed by atoms with Crippen LogP contribution in [0.2, 0.25) is 0 Å². The van der Waals surface area contributed by atoms with Crippen molar-refractivity contribution in [3.63, 3.8) is 0 Å². The lowest BCUT2D eigenvalue weighted by atomic mass is 10.4. The molecule has 0 aliphatic heterocycles. The van der Waals surface area contributed by atoms with Gasteiger partial charge < -0.3 is 0 Å². The summed E-state index contributed by atoms with van der Waals surface area (Å²) in [5.41, 5.74) is 0. The minimum atomic E-state index is -2.89. The molecule has 2 nitrogen and oxygen atoms in total. The zero-order valence-corrected chi connectivity index (χ0v) is 10.2. The molecule has 0 heterocycles. The Morgan fingerprint density at radius 3 is 1.50 bits per heavy atom. The Morgan fingerprint density at radius 2 is 1.19 bits per heavy atom. The van der Waals surface area contributed by atoms with Crippen molar-refractivity contribution in [3.05, 3.63) is 60.7 Å². The normalized spacial score (nSPS) is 11.3. The highest BCUT2D eigenvalue weighted by Crippen LogP contribution is 2.38. The van der Waals surface area contributed by atoms with Crippen LogP contribution in [0.15, 0.2) is 60.7 Å². The van der Waals surface area contributed by atoms with Crippen LogP contribution in [0.4, 0.5) is 0 Å². The first-order valence-corrected chi connectivity index (χ1v) is 6.95. The molecule has 2 rings (SSSR count). The predicted molar refractivity (Wildman–Crippen MR) is 68.7 cm³/mol. The summed E-state index contributed by atoms with van der Waals surface area (Å²) >= 11 is 5.66. The summed E-state index contributed by atoms with van der Waals surface area (Å²) in [6.07, 6.45) is 0. The van der Waals surface area contributed by atoms with Crippen LogP contribution in [-0.4, -0.2) is 0 Å². The third-order valence-electron chi connectivity index (χ3n) is 2.36. The molecular formula is C12H11ClNOP. The van der Waals surface area contributed by atoms with E-state index in [1.54, 1.807) is 0 Å². The van der Waals surface area contributed by atoms with Crippen LogP contribution in [0, 0.1) is 0 Å². The highest BCUT2D eigenvalue weighted by Gasteiger charge is 2.25. The maximum absolute atomic E-state index is 12.7. The fraction of sp³-hybridized carbons (Fsp3) is 0. The Bertz CT molecular complexity index is 457. The van der Waals surface area contributed by atoms with Crippen LogP contribution in [0.25, 0.3) is 0 Å². The molecule has 2 aromatic rings. The zero-order chi connectivity index (χ0) is 11.4. The number of rotatable bonds is 3. The van der Waals surface area contributed by atoms with Gasteiger partial charge in [-0.1, -0.05) is 36.4 Å². The van der Waals surface area contributed by atoms with Gasteiger partial charge >= 0.3 is 0 Å². The molecule has 0 radical (unpaired) electrons. The summed E-state index contributed by atoms with van der Waals surface area (Å²) in [7, 11) is -2.89. The van der Waals surface area contributed by atoms with Crippen LogP contribution in [0.5, 0.6) is 0 Å². The van der Waals surface area contributed by atoms with Gasteiger partial charge in [0.1, 0.15) is 0 Å². The van der Waals surface area contributed by atoms with Gasteiger partial charge in [-0.2, -0.15) is 4.61 Å². The molecule has 0 bridgehead atoms. The summed E-state index contributed by atoms with van der Waals surface area (Å²) in [5.74, 6) is 0. The molecule has 0 fully saturated rings. The maximum atomic E-state index is 12.7. The molecule has 82 valence electrons. The third-order valence-corrected chi connectivity index (χ3v) is 5.36. The van der Waals surface area contributed by atoms with Crippen LogP contribution in [0.1, 0.15) is 0 Å². The fourth-order valence-electron chi connectivity index (χ4n) is 1.52. The second-order valence-electron chi connectivity index (χ2n) is 3.36. The number of hydrogen-bond donors (Lipinski definition) is 1. The lowest BCUT2D eigenvalue weighted by Gasteiger charge is -2.16. The Labute approximate surface area is 99.8 Å². The minimum absolute atomic E-state index is 0.705. The van der Waals surface area contributed by atoms with E-state index in [0.29, 0.717) is 10.6 Å². The summed E-state index contributed by atoms with van der Waals surface area (Å²) in [5, 5.41) is 1.41. The Balaban J connectivity index is 2.54. The van der Waals surface area contributed by atoms with Crippen molar-refractivity contribution in [1.29, 1.82) is 0 Å². The van der Waals surface area contributed by atoms with Crippen molar-refractivity contribution in [2.75, 3.05) is 0 Å². The van der Waals surface area contributed by atoms with Gasteiger partial charge in [-0.25, -0.2) is 0 Å². The van der Waals surface area contributed by atoms with Crippen LogP contribution < -0.4 is 15.2 Å². The van der Waals surface area contributed by atoms with E-state index in [-0.39, 0.29) is 0 Å². The lowest BCUT2D eigenvalue weighted by molar-refractivity contribution is 0.585. The van der Waals surface area contributed by atoms with E-state index in [4.69, 9.17) is 11.8 Å². The first-order chi connectivity index (χ1) is 7.77. The highest BCUT2D eigenvalue weighted by atomic mass is 35.5. The van der Waals surface area contributed by atoms with Crippen molar-refractivity contribution >= 4 is 29.7 Å². The summed E-state index contributed by atoms with van der Waals surface area (Å²) in [6, 6.07) is 18.4. The molecule has 0 atom stereocenters. The molecule has 0 aromatic heterocycles. The molecule has 0 unspecified atom stereocenters.